The summed E-state index contributed by atoms with van der Waals surface area (Å²) in [6.07, 6.45) is 0. The number of carbonyl (C=O) groups is 1. The van der Waals surface area contributed by atoms with E-state index < -0.39 is 16.8 Å². The lowest BCUT2D eigenvalue weighted by Crippen LogP contribution is -2.19. The highest BCUT2D eigenvalue weighted by molar-refractivity contribution is 5.85. The molecule has 0 N–H and O–H groups in total. The summed E-state index contributed by atoms with van der Waals surface area (Å²) in [4.78, 5) is 31.3. The van der Waals surface area contributed by atoms with E-state index >= 15 is 0 Å². The summed E-state index contributed by atoms with van der Waals surface area (Å²) in [5.41, 5.74) is 0.986. The number of pyridine rings is 1. The number of aromatic nitrogens is 1. The minimum atomic E-state index is -1.06. The fourth-order valence-electron chi connectivity index (χ4n) is 2.88. The average Bonchev–Trinajstić information content (AvgIpc) is 2.68. The van der Waals surface area contributed by atoms with Gasteiger partial charge in [0, 0.05) is 17.0 Å². The Labute approximate surface area is 155 Å². The highest BCUT2D eigenvalue weighted by Crippen LogP contribution is 2.35. The van der Waals surface area contributed by atoms with Gasteiger partial charge in [-0.3, -0.25) is 19.9 Å². The molecular formula is C20H15N3O4. The van der Waals surface area contributed by atoms with Crippen molar-refractivity contribution in [2.24, 2.45) is 0 Å². The Morgan fingerprint density at radius 2 is 2.04 bits per heavy atom. The van der Waals surface area contributed by atoms with Crippen LogP contribution in [0.4, 0.5) is 11.4 Å². The van der Waals surface area contributed by atoms with Gasteiger partial charge < -0.3 is 4.74 Å². The zero-order valence-corrected chi connectivity index (χ0v) is 14.5. The molecule has 134 valence electrons. The SMILES string of the molecule is [C-]#[N+]c1ccc(C(C(=O)OCC)c2ccc3ccccc3n2)c([N+](=O)[O-])c1. The summed E-state index contributed by atoms with van der Waals surface area (Å²) in [5, 5.41) is 12.4. The minimum Gasteiger partial charge on any atom is -0.465 e. The Morgan fingerprint density at radius 3 is 2.74 bits per heavy atom. The van der Waals surface area contributed by atoms with Crippen LogP contribution in [0.5, 0.6) is 0 Å². The second kappa shape index (κ2) is 7.62. The van der Waals surface area contributed by atoms with Crippen molar-refractivity contribution in [2.45, 2.75) is 12.8 Å². The molecule has 3 rings (SSSR count). The monoisotopic (exact) mass is 361 g/mol. The number of nitrogens with zero attached hydrogens (tertiary/aromatic N) is 3. The topological polar surface area (TPSA) is 86.7 Å². The largest absolute Gasteiger partial charge is 0.465 e. The number of carbonyl (C=O) groups excluding carboxylic acids is 1. The third kappa shape index (κ3) is 3.60. The van der Waals surface area contributed by atoms with Crippen LogP contribution in [0.3, 0.4) is 0 Å². The Hall–Kier alpha value is -3.79. The molecule has 7 nitrogen and oxygen atoms in total. The average molecular weight is 361 g/mol. The van der Waals surface area contributed by atoms with Gasteiger partial charge in [-0.15, -0.1) is 0 Å². The fourth-order valence-corrected chi connectivity index (χ4v) is 2.88. The maximum absolute atomic E-state index is 12.7. The van der Waals surface area contributed by atoms with Gasteiger partial charge in [-0.05, 0) is 19.1 Å². The number of ether oxygens (including phenoxy) is 1. The maximum Gasteiger partial charge on any atom is 0.319 e. The first-order chi connectivity index (χ1) is 13.0. The molecule has 0 radical (unpaired) electrons. The first kappa shape index (κ1) is 18.0. The number of hydrogen-bond donors (Lipinski definition) is 0. The lowest BCUT2D eigenvalue weighted by atomic mass is 9.93. The first-order valence-corrected chi connectivity index (χ1v) is 8.23. The molecule has 7 heteroatoms. The van der Waals surface area contributed by atoms with Gasteiger partial charge in [0.15, 0.2) is 5.69 Å². The quantitative estimate of drug-likeness (QED) is 0.291. The number of benzene rings is 2. The molecule has 0 fully saturated rings. The van der Waals surface area contributed by atoms with Gasteiger partial charge in [0.2, 0.25) is 0 Å². The molecule has 0 spiro atoms. The molecule has 0 saturated heterocycles. The minimum absolute atomic E-state index is 0.125. The highest BCUT2D eigenvalue weighted by Gasteiger charge is 2.32. The van der Waals surface area contributed by atoms with Crippen molar-refractivity contribution in [1.29, 1.82) is 0 Å². The number of nitro benzene ring substituents is 1. The Bertz CT molecular complexity index is 1070. The predicted octanol–water partition coefficient (Wildman–Crippen LogP) is 4.39. The summed E-state index contributed by atoms with van der Waals surface area (Å²) in [6, 6.07) is 14.9. The summed E-state index contributed by atoms with van der Waals surface area (Å²) in [6.45, 7) is 8.86. The summed E-state index contributed by atoms with van der Waals surface area (Å²) in [5.74, 6) is -1.69. The third-order valence-corrected chi connectivity index (χ3v) is 4.09. The van der Waals surface area contributed by atoms with Crippen molar-refractivity contribution in [3.63, 3.8) is 0 Å². The van der Waals surface area contributed by atoms with Gasteiger partial charge in [0.25, 0.3) is 5.69 Å². The van der Waals surface area contributed by atoms with Crippen molar-refractivity contribution in [3.05, 3.63) is 87.4 Å². The van der Waals surface area contributed by atoms with Crippen molar-refractivity contribution in [2.75, 3.05) is 6.61 Å². The second-order valence-corrected chi connectivity index (χ2v) is 5.73. The first-order valence-electron chi connectivity index (χ1n) is 8.23. The summed E-state index contributed by atoms with van der Waals surface area (Å²) < 4.78 is 5.15. The molecule has 1 atom stereocenters. The standard InChI is InChI=1S/C20H15N3O4/c1-3-27-20(24)19(15-10-9-14(21-2)12-18(15)23(25)26)17-11-8-13-6-4-5-7-16(13)22-17/h4-12,19H,3H2,1H3. The lowest BCUT2D eigenvalue weighted by molar-refractivity contribution is -0.385. The molecule has 1 unspecified atom stereocenters. The van der Waals surface area contributed by atoms with E-state index in [0.29, 0.717) is 11.2 Å². The van der Waals surface area contributed by atoms with E-state index in [9.17, 15) is 14.9 Å². The van der Waals surface area contributed by atoms with Crippen LogP contribution in [0, 0.1) is 16.7 Å². The molecule has 1 heterocycles. The molecule has 0 saturated carbocycles. The van der Waals surface area contributed by atoms with Crippen LogP contribution in [-0.4, -0.2) is 22.5 Å². The number of hydrogen-bond acceptors (Lipinski definition) is 5. The number of esters is 1. The van der Waals surface area contributed by atoms with Crippen LogP contribution in [0.2, 0.25) is 0 Å². The zero-order chi connectivity index (χ0) is 19.4. The van der Waals surface area contributed by atoms with Gasteiger partial charge in [-0.2, -0.15) is 0 Å². The van der Waals surface area contributed by atoms with Crippen molar-refractivity contribution < 1.29 is 14.5 Å². The van der Waals surface area contributed by atoms with E-state index in [2.05, 4.69) is 9.83 Å². The van der Waals surface area contributed by atoms with Crippen LogP contribution < -0.4 is 0 Å². The predicted molar refractivity (Wildman–Crippen MR) is 99.6 cm³/mol. The highest BCUT2D eigenvalue weighted by atomic mass is 16.6. The van der Waals surface area contributed by atoms with E-state index in [4.69, 9.17) is 11.3 Å². The molecule has 0 aliphatic carbocycles. The van der Waals surface area contributed by atoms with Crippen LogP contribution in [0.15, 0.2) is 54.6 Å². The van der Waals surface area contributed by atoms with Gasteiger partial charge in [0.05, 0.1) is 29.3 Å². The molecular weight excluding hydrogens is 346 g/mol. The summed E-state index contributed by atoms with van der Waals surface area (Å²) >= 11 is 0. The smallest absolute Gasteiger partial charge is 0.319 e. The van der Waals surface area contributed by atoms with E-state index in [-0.39, 0.29) is 23.5 Å². The molecule has 3 aromatic rings. The fraction of sp³-hybridized carbons (Fsp3) is 0.150. The maximum atomic E-state index is 12.7. The number of para-hydroxylation sites is 1. The Morgan fingerprint density at radius 1 is 1.26 bits per heavy atom. The van der Waals surface area contributed by atoms with Crippen LogP contribution in [0.25, 0.3) is 15.7 Å². The molecule has 1 aromatic heterocycles. The second-order valence-electron chi connectivity index (χ2n) is 5.73. The summed E-state index contributed by atoms with van der Waals surface area (Å²) in [7, 11) is 0. The van der Waals surface area contributed by atoms with Gasteiger partial charge in [-0.25, -0.2) is 4.85 Å². The number of nitro groups is 1. The normalized spacial score (nSPS) is 11.6. The lowest BCUT2D eigenvalue weighted by Gasteiger charge is -2.16. The molecule has 0 amide bonds. The van der Waals surface area contributed by atoms with Gasteiger partial charge >= 0.3 is 5.97 Å². The number of rotatable bonds is 5. The van der Waals surface area contributed by atoms with Gasteiger partial charge in [0.1, 0.15) is 5.92 Å². The van der Waals surface area contributed by atoms with Crippen LogP contribution >= 0.6 is 0 Å². The zero-order valence-electron chi connectivity index (χ0n) is 14.5. The molecule has 0 aliphatic heterocycles. The molecule has 2 aromatic carbocycles. The van der Waals surface area contributed by atoms with Crippen molar-refractivity contribution in [3.8, 4) is 0 Å². The van der Waals surface area contributed by atoms with Crippen LogP contribution in [-0.2, 0) is 9.53 Å². The Kier molecular flexibility index (Phi) is 5.08. The van der Waals surface area contributed by atoms with Gasteiger partial charge in [-0.1, -0.05) is 36.4 Å². The third-order valence-electron chi connectivity index (χ3n) is 4.09. The molecule has 0 bridgehead atoms. The van der Waals surface area contributed by atoms with Crippen molar-refractivity contribution >= 4 is 28.2 Å². The van der Waals surface area contributed by atoms with E-state index in [1.807, 2.05) is 24.3 Å². The van der Waals surface area contributed by atoms with E-state index in [0.717, 1.165) is 11.5 Å². The molecule has 27 heavy (non-hydrogen) atoms. The molecule has 0 aliphatic rings. The van der Waals surface area contributed by atoms with Crippen molar-refractivity contribution in [1.82, 2.24) is 4.98 Å². The Balaban J connectivity index is 2.21. The van der Waals surface area contributed by atoms with Crippen LogP contribution in [0.1, 0.15) is 24.1 Å². The number of fused-ring (bicyclic) bond motifs is 1. The van der Waals surface area contributed by atoms with E-state index in [1.165, 1.54) is 12.1 Å². The van der Waals surface area contributed by atoms with E-state index in [1.54, 1.807) is 19.1 Å².